The molecule has 0 aromatic heterocycles. The van der Waals surface area contributed by atoms with Crippen LogP contribution in [0.5, 0.6) is 0 Å². The van der Waals surface area contributed by atoms with E-state index < -0.39 is 0 Å². The van der Waals surface area contributed by atoms with Crippen molar-refractivity contribution in [3.05, 3.63) is 35.4 Å². The van der Waals surface area contributed by atoms with Crippen LogP contribution in [0.3, 0.4) is 0 Å². The third-order valence-electron chi connectivity index (χ3n) is 3.77. The van der Waals surface area contributed by atoms with Crippen molar-refractivity contribution in [1.82, 2.24) is 10.2 Å². The fraction of sp³-hybridized carbons (Fsp3) is 0.647. The van der Waals surface area contributed by atoms with Gasteiger partial charge in [-0.05, 0) is 50.9 Å². The molecule has 2 heteroatoms. The Kier molecular flexibility index (Phi) is 7.11. The summed E-state index contributed by atoms with van der Waals surface area (Å²) in [7, 11) is 2.21. The lowest BCUT2D eigenvalue weighted by atomic mass is 10.1. The number of nitrogens with zero attached hydrogens (tertiary/aromatic N) is 1. The standard InChI is InChI=1S/C17H30N2/c1-14(2)10-11-18-12-16(4)19(5)13-17-9-7-6-8-15(17)3/h6-9,14,16,18H,10-13H2,1-5H3. The van der Waals surface area contributed by atoms with Gasteiger partial charge in [-0.15, -0.1) is 0 Å². The van der Waals surface area contributed by atoms with Gasteiger partial charge in [0.15, 0.2) is 0 Å². The van der Waals surface area contributed by atoms with E-state index in [1.807, 2.05) is 0 Å². The molecule has 0 fully saturated rings. The van der Waals surface area contributed by atoms with Crippen molar-refractivity contribution < 1.29 is 0 Å². The monoisotopic (exact) mass is 262 g/mol. The smallest absolute Gasteiger partial charge is 0.0236 e. The molecule has 19 heavy (non-hydrogen) atoms. The van der Waals surface area contributed by atoms with Crippen molar-refractivity contribution in [2.75, 3.05) is 20.1 Å². The SMILES string of the molecule is Cc1ccccc1CN(C)C(C)CNCCC(C)C. The fourth-order valence-corrected chi connectivity index (χ4v) is 2.07. The predicted octanol–water partition coefficient (Wildman–Crippen LogP) is 3.45. The molecule has 0 saturated carbocycles. The second-order valence-corrected chi connectivity index (χ2v) is 6.08. The van der Waals surface area contributed by atoms with Gasteiger partial charge in [-0.25, -0.2) is 0 Å². The molecule has 0 bridgehead atoms. The largest absolute Gasteiger partial charge is 0.315 e. The van der Waals surface area contributed by atoms with E-state index in [2.05, 4.69) is 69.2 Å². The van der Waals surface area contributed by atoms with E-state index in [9.17, 15) is 0 Å². The first-order valence-electron chi connectivity index (χ1n) is 7.46. The normalized spacial score (nSPS) is 13.2. The van der Waals surface area contributed by atoms with Gasteiger partial charge in [0.05, 0.1) is 0 Å². The highest BCUT2D eigenvalue weighted by Crippen LogP contribution is 2.11. The molecule has 0 heterocycles. The minimum absolute atomic E-state index is 0.562. The Balaban J connectivity index is 2.32. The quantitative estimate of drug-likeness (QED) is 0.722. The van der Waals surface area contributed by atoms with Crippen molar-refractivity contribution in [2.45, 2.75) is 46.7 Å². The van der Waals surface area contributed by atoms with Gasteiger partial charge in [-0.1, -0.05) is 38.1 Å². The van der Waals surface area contributed by atoms with Crippen molar-refractivity contribution in [3.8, 4) is 0 Å². The molecule has 1 atom stereocenters. The zero-order valence-corrected chi connectivity index (χ0v) is 13.2. The highest BCUT2D eigenvalue weighted by molar-refractivity contribution is 5.25. The van der Waals surface area contributed by atoms with E-state index in [4.69, 9.17) is 0 Å². The summed E-state index contributed by atoms with van der Waals surface area (Å²) in [6.45, 7) is 12.2. The van der Waals surface area contributed by atoms with Crippen LogP contribution in [-0.4, -0.2) is 31.1 Å². The molecule has 0 aliphatic carbocycles. The summed E-state index contributed by atoms with van der Waals surface area (Å²) in [5.74, 6) is 0.785. The lowest BCUT2D eigenvalue weighted by Gasteiger charge is -2.26. The highest BCUT2D eigenvalue weighted by Gasteiger charge is 2.10. The Morgan fingerprint density at radius 3 is 2.47 bits per heavy atom. The molecule has 0 aliphatic rings. The molecule has 1 unspecified atom stereocenters. The van der Waals surface area contributed by atoms with Gasteiger partial charge in [0, 0.05) is 19.1 Å². The van der Waals surface area contributed by atoms with Gasteiger partial charge < -0.3 is 5.32 Å². The molecular weight excluding hydrogens is 232 g/mol. The number of nitrogens with one attached hydrogen (secondary N) is 1. The summed E-state index contributed by atoms with van der Waals surface area (Å²) in [6.07, 6.45) is 1.26. The van der Waals surface area contributed by atoms with E-state index in [0.717, 1.165) is 25.6 Å². The van der Waals surface area contributed by atoms with E-state index in [0.29, 0.717) is 6.04 Å². The molecule has 0 amide bonds. The number of hydrogen-bond donors (Lipinski definition) is 1. The van der Waals surface area contributed by atoms with Crippen molar-refractivity contribution in [3.63, 3.8) is 0 Å². The molecule has 0 saturated heterocycles. The minimum atomic E-state index is 0.562. The maximum Gasteiger partial charge on any atom is 0.0236 e. The lowest BCUT2D eigenvalue weighted by Crippen LogP contribution is -2.38. The molecular formula is C17H30N2. The number of hydrogen-bond acceptors (Lipinski definition) is 2. The van der Waals surface area contributed by atoms with Crippen LogP contribution in [0, 0.1) is 12.8 Å². The molecule has 1 N–H and O–H groups in total. The van der Waals surface area contributed by atoms with Gasteiger partial charge >= 0.3 is 0 Å². The maximum atomic E-state index is 3.56. The van der Waals surface area contributed by atoms with E-state index in [-0.39, 0.29) is 0 Å². The van der Waals surface area contributed by atoms with Crippen LogP contribution in [0.15, 0.2) is 24.3 Å². The Hall–Kier alpha value is -0.860. The van der Waals surface area contributed by atoms with Gasteiger partial charge in [0.1, 0.15) is 0 Å². The molecule has 0 aliphatic heterocycles. The van der Waals surface area contributed by atoms with Crippen LogP contribution in [0.25, 0.3) is 0 Å². The molecule has 1 rings (SSSR count). The van der Waals surface area contributed by atoms with Gasteiger partial charge in [-0.3, -0.25) is 4.90 Å². The second kappa shape index (κ2) is 8.34. The summed E-state index contributed by atoms with van der Waals surface area (Å²) < 4.78 is 0. The summed E-state index contributed by atoms with van der Waals surface area (Å²) in [4.78, 5) is 2.42. The average Bonchev–Trinajstić information content (AvgIpc) is 2.36. The Bertz CT molecular complexity index is 360. The number of aryl methyl sites for hydroxylation is 1. The molecule has 108 valence electrons. The van der Waals surface area contributed by atoms with E-state index in [1.54, 1.807) is 0 Å². The third-order valence-corrected chi connectivity index (χ3v) is 3.77. The third kappa shape index (κ3) is 6.22. The first kappa shape index (κ1) is 16.2. The summed E-state index contributed by atoms with van der Waals surface area (Å²) in [5.41, 5.74) is 2.81. The van der Waals surface area contributed by atoms with Crippen LogP contribution in [0.1, 0.15) is 38.3 Å². The number of rotatable bonds is 8. The number of likely N-dealkylation sites (N-methyl/N-ethyl adjacent to an activating group) is 1. The lowest BCUT2D eigenvalue weighted by molar-refractivity contribution is 0.242. The first-order chi connectivity index (χ1) is 9.00. The van der Waals surface area contributed by atoms with E-state index in [1.165, 1.54) is 17.5 Å². The zero-order valence-electron chi connectivity index (χ0n) is 13.2. The van der Waals surface area contributed by atoms with Gasteiger partial charge in [0.2, 0.25) is 0 Å². The Labute approximate surface area is 119 Å². The summed E-state index contributed by atoms with van der Waals surface area (Å²) in [5, 5.41) is 3.56. The van der Waals surface area contributed by atoms with Crippen LogP contribution in [-0.2, 0) is 6.54 Å². The first-order valence-corrected chi connectivity index (χ1v) is 7.46. The molecule has 0 spiro atoms. The van der Waals surface area contributed by atoms with Crippen molar-refractivity contribution in [2.24, 2.45) is 5.92 Å². The van der Waals surface area contributed by atoms with Gasteiger partial charge in [0.25, 0.3) is 0 Å². The average molecular weight is 262 g/mol. The Morgan fingerprint density at radius 2 is 1.84 bits per heavy atom. The van der Waals surface area contributed by atoms with Crippen molar-refractivity contribution in [1.29, 1.82) is 0 Å². The summed E-state index contributed by atoms with van der Waals surface area (Å²) >= 11 is 0. The second-order valence-electron chi connectivity index (χ2n) is 6.08. The number of benzene rings is 1. The molecule has 2 nitrogen and oxygen atoms in total. The Morgan fingerprint density at radius 1 is 1.16 bits per heavy atom. The van der Waals surface area contributed by atoms with E-state index >= 15 is 0 Å². The van der Waals surface area contributed by atoms with Crippen LogP contribution in [0.2, 0.25) is 0 Å². The fourth-order valence-electron chi connectivity index (χ4n) is 2.07. The van der Waals surface area contributed by atoms with Gasteiger partial charge in [-0.2, -0.15) is 0 Å². The van der Waals surface area contributed by atoms with Crippen LogP contribution < -0.4 is 5.32 Å². The van der Waals surface area contributed by atoms with Crippen LogP contribution >= 0.6 is 0 Å². The van der Waals surface area contributed by atoms with Crippen LogP contribution in [0.4, 0.5) is 0 Å². The predicted molar refractivity (Wildman–Crippen MR) is 84.4 cm³/mol. The maximum absolute atomic E-state index is 3.56. The molecule has 1 aromatic rings. The zero-order chi connectivity index (χ0) is 14.3. The molecule has 1 aromatic carbocycles. The summed E-state index contributed by atoms with van der Waals surface area (Å²) in [6, 6.07) is 9.21. The molecule has 0 radical (unpaired) electrons. The van der Waals surface area contributed by atoms with Crippen molar-refractivity contribution >= 4 is 0 Å². The topological polar surface area (TPSA) is 15.3 Å². The highest BCUT2D eigenvalue weighted by atomic mass is 15.1. The minimum Gasteiger partial charge on any atom is -0.315 e.